The van der Waals surface area contributed by atoms with E-state index in [2.05, 4.69) is 10.6 Å². The largest absolute Gasteiger partial charge is 0.345 e. The van der Waals surface area contributed by atoms with Crippen LogP contribution in [0.1, 0.15) is 6.42 Å². The molecule has 2 rings (SSSR count). The Balaban J connectivity index is 1.93. The Hall–Kier alpha value is -1.30. The molecular weight excluding hydrogens is 289 g/mol. The van der Waals surface area contributed by atoms with E-state index in [0.717, 1.165) is 6.54 Å². The zero-order valence-corrected chi connectivity index (χ0v) is 11.6. The van der Waals surface area contributed by atoms with Crippen molar-refractivity contribution in [3.63, 3.8) is 0 Å². The molecule has 4 N–H and O–H groups in total. The molecule has 1 aromatic carbocycles. The summed E-state index contributed by atoms with van der Waals surface area (Å²) in [4.78, 5) is 23.4. The summed E-state index contributed by atoms with van der Waals surface area (Å²) in [6, 6.07) is 4.49. The molecule has 1 heterocycles. The summed E-state index contributed by atoms with van der Waals surface area (Å²) in [5.41, 5.74) is 0.565. The van der Waals surface area contributed by atoms with Gasteiger partial charge < -0.3 is 16.0 Å². The van der Waals surface area contributed by atoms with Crippen LogP contribution < -0.4 is 16.0 Å². The maximum Gasteiger partial charge on any atom is 0.278 e. The van der Waals surface area contributed by atoms with Gasteiger partial charge in [0.25, 0.3) is 5.91 Å². The third-order valence-corrected chi connectivity index (χ3v) is 3.58. The van der Waals surface area contributed by atoms with Gasteiger partial charge in [0.1, 0.15) is 0 Å². The van der Waals surface area contributed by atoms with Crippen LogP contribution in [-0.4, -0.2) is 30.9 Å². The van der Waals surface area contributed by atoms with Gasteiger partial charge in [-0.1, -0.05) is 23.2 Å². The molecule has 19 heavy (non-hydrogen) atoms. The van der Waals surface area contributed by atoms with Gasteiger partial charge in [-0.25, -0.2) is 0 Å². The molecular formula is C12H14Cl2N3O2+. The molecule has 102 valence electrons. The summed E-state index contributed by atoms with van der Waals surface area (Å²) < 4.78 is 0. The Kier molecular flexibility index (Phi) is 4.63. The van der Waals surface area contributed by atoms with Crippen molar-refractivity contribution in [1.82, 2.24) is 5.32 Å². The number of halogens is 2. The van der Waals surface area contributed by atoms with Gasteiger partial charge in [-0.15, -0.1) is 0 Å². The van der Waals surface area contributed by atoms with E-state index in [-0.39, 0.29) is 24.3 Å². The molecule has 0 unspecified atom stereocenters. The second-order valence-corrected chi connectivity index (χ2v) is 5.12. The number of hydrogen-bond acceptors (Lipinski definition) is 2. The Morgan fingerprint density at radius 3 is 2.89 bits per heavy atom. The first-order chi connectivity index (χ1) is 9.06. The number of benzene rings is 1. The predicted octanol–water partition coefficient (Wildman–Crippen LogP) is 0.384. The van der Waals surface area contributed by atoms with Crippen molar-refractivity contribution in [2.24, 2.45) is 0 Å². The van der Waals surface area contributed by atoms with Crippen LogP contribution in [0.3, 0.4) is 0 Å². The monoisotopic (exact) mass is 302 g/mol. The normalized spacial score (nSPS) is 18.8. The maximum absolute atomic E-state index is 11.8. The van der Waals surface area contributed by atoms with Gasteiger partial charge in [0, 0.05) is 5.69 Å². The second kappa shape index (κ2) is 6.23. The minimum Gasteiger partial charge on any atom is -0.345 e. The fraction of sp³-hybridized carbons (Fsp3) is 0.333. The number of carbonyl (C=O) groups excluding carboxylic acids is 2. The highest BCUT2D eigenvalue weighted by molar-refractivity contribution is 6.42. The van der Waals surface area contributed by atoms with Crippen LogP contribution in [0.2, 0.25) is 10.0 Å². The van der Waals surface area contributed by atoms with Crippen molar-refractivity contribution in [3.05, 3.63) is 28.2 Å². The van der Waals surface area contributed by atoms with Crippen LogP contribution in [0.4, 0.5) is 5.69 Å². The number of quaternary nitrogens is 1. The van der Waals surface area contributed by atoms with Crippen molar-refractivity contribution < 1.29 is 14.9 Å². The highest BCUT2D eigenvalue weighted by Gasteiger charge is 2.27. The van der Waals surface area contributed by atoms with Crippen LogP contribution in [0.15, 0.2) is 18.2 Å². The molecule has 1 aliphatic heterocycles. The average Bonchev–Trinajstić information content (AvgIpc) is 2.37. The number of rotatable bonds is 3. The summed E-state index contributed by atoms with van der Waals surface area (Å²) in [5.74, 6) is -0.327. The summed E-state index contributed by atoms with van der Waals surface area (Å²) in [5, 5.41) is 8.10. The Labute approximate surface area is 120 Å². The van der Waals surface area contributed by atoms with E-state index in [9.17, 15) is 9.59 Å². The summed E-state index contributed by atoms with van der Waals surface area (Å²) in [6.07, 6.45) is 0.131. The van der Waals surface area contributed by atoms with Crippen molar-refractivity contribution in [2.75, 3.05) is 18.4 Å². The number of piperazine rings is 1. The number of carbonyl (C=O) groups is 2. The molecule has 5 nitrogen and oxygen atoms in total. The van der Waals surface area contributed by atoms with Crippen molar-refractivity contribution >= 4 is 40.7 Å². The number of nitrogens with two attached hydrogens (primary N) is 1. The van der Waals surface area contributed by atoms with Crippen molar-refractivity contribution in [3.8, 4) is 0 Å². The fourth-order valence-corrected chi connectivity index (χ4v) is 2.18. The molecule has 0 aliphatic carbocycles. The van der Waals surface area contributed by atoms with Crippen LogP contribution in [0.25, 0.3) is 0 Å². The molecule has 0 spiro atoms. The molecule has 0 bridgehead atoms. The molecule has 1 aliphatic rings. The average molecular weight is 303 g/mol. The first kappa shape index (κ1) is 14.1. The van der Waals surface area contributed by atoms with Crippen molar-refractivity contribution in [2.45, 2.75) is 12.5 Å². The first-order valence-electron chi connectivity index (χ1n) is 5.92. The van der Waals surface area contributed by atoms with Gasteiger partial charge >= 0.3 is 0 Å². The van der Waals surface area contributed by atoms with Gasteiger partial charge in [0.05, 0.1) is 29.6 Å². The smallest absolute Gasteiger partial charge is 0.278 e. The number of nitrogens with one attached hydrogen (secondary N) is 2. The Morgan fingerprint density at radius 2 is 2.21 bits per heavy atom. The zero-order valence-electron chi connectivity index (χ0n) is 10.1. The highest BCUT2D eigenvalue weighted by Crippen LogP contribution is 2.25. The SMILES string of the molecule is O=C(C[C@H]1[NH2+]CCNC1=O)Nc1ccc(Cl)c(Cl)c1. The molecule has 1 saturated heterocycles. The van der Waals surface area contributed by atoms with Gasteiger partial charge in [0.15, 0.2) is 6.04 Å². The summed E-state index contributed by atoms with van der Waals surface area (Å²) in [7, 11) is 0. The lowest BCUT2D eigenvalue weighted by molar-refractivity contribution is -0.678. The van der Waals surface area contributed by atoms with Gasteiger partial charge in [-0.05, 0) is 18.2 Å². The highest BCUT2D eigenvalue weighted by atomic mass is 35.5. The topological polar surface area (TPSA) is 74.8 Å². The number of anilines is 1. The third-order valence-electron chi connectivity index (χ3n) is 2.84. The lowest BCUT2D eigenvalue weighted by Gasteiger charge is -2.19. The standard InChI is InChI=1S/C12H13Cl2N3O2/c13-8-2-1-7(5-9(8)14)17-11(18)6-10-12(19)16-4-3-15-10/h1-2,5,10,15H,3-4,6H2,(H,16,19)(H,17,18)/p+1/t10-/m1/s1. The van der Waals surface area contributed by atoms with Crippen molar-refractivity contribution in [1.29, 1.82) is 0 Å². The maximum atomic E-state index is 11.8. The summed E-state index contributed by atoms with van der Waals surface area (Å²) in [6.45, 7) is 1.43. The molecule has 1 aromatic rings. The van der Waals surface area contributed by atoms with E-state index in [1.807, 2.05) is 5.32 Å². The molecule has 2 amide bonds. The molecule has 0 radical (unpaired) electrons. The lowest BCUT2D eigenvalue weighted by Crippen LogP contribution is -2.96. The quantitative estimate of drug-likeness (QED) is 0.755. The second-order valence-electron chi connectivity index (χ2n) is 4.30. The fourth-order valence-electron chi connectivity index (χ4n) is 1.88. The third kappa shape index (κ3) is 3.83. The molecule has 1 fully saturated rings. The van der Waals surface area contributed by atoms with Crippen LogP contribution >= 0.6 is 23.2 Å². The van der Waals surface area contributed by atoms with Crippen LogP contribution in [-0.2, 0) is 9.59 Å². The Bertz CT molecular complexity index is 508. The van der Waals surface area contributed by atoms with Gasteiger partial charge in [0.2, 0.25) is 5.91 Å². The lowest BCUT2D eigenvalue weighted by atomic mass is 10.1. The first-order valence-corrected chi connectivity index (χ1v) is 6.68. The van der Waals surface area contributed by atoms with Crippen LogP contribution in [0, 0.1) is 0 Å². The molecule has 0 aromatic heterocycles. The molecule has 1 atom stereocenters. The predicted molar refractivity (Wildman–Crippen MR) is 73.3 cm³/mol. The van der Waals surface area contributed by atoms with Crippen LogP contribution in [0.5, 0.6) is 0 Å². The molecule has 0 saturated carbocycles. The number of amides is 2. The van der Waals surface area contributed by atoms with E-state index in [4.69, 9.17) is 23.2 Å². The minimum absolute atomic E-state index is 0.101. The zero-order chi connectivity index (χ0) is 13.8. The Morgan fingerprint density at radius 1 is 1.42 bits per heavy atom. The van der Waals surface area contributed by atoms with E-state index in [1.165, 1.54) is 0 Å². The number of hydrogen-bond donors (Lipinski definition) is 3. The minimum atomic E-state index is -0.364. The van der Waals surface area contributed by atoms with E-state index >= 15 is 0 Å². The van der Waals surface area contributed by atoms with Gasteiger partial charge in [-0.2, -0.15) is 0 Å². The van der Waals surface area contributed by atoms with E-state index < -0.39 is 0 Å². The summed E-state index contributed by atoms with van der Waals surface area (Å²) >= 11 is 11.6. The van der Waals surface area contributed by atoms with E-state index in [1.54, 1.807) is 18.2 Å². The van der Waals surface area contributed by atoms with Gasteiger partial charge in [-0.3, -0.25) is 9.59 Å². The molecule has 7 heteroatoms. The van der Waals surface area contributed by atoms with E-state index in [0.29, 0.717) is 22.3 Å².